The smallest absolute Gasteiger partial charge is 0.226 e. The van der Waals surface area contributed by atoms with Crippen molar-refractivity contribution in [3.63, 3.8) is 0 Å². The van der Waals surface area contributed by atoms with Gasteiger partial charge in [-0.25, -0.2) is 0 Å². The van der Waals surface area contributed by atoms with Gasteiger partial charge in [0.2, 0.25) is 11.7 Å². The molecule has 0 saturated heterocycles. The molecular formula is C19H20N2O5. The zero-order valence-corrected chi connectivity index (χ0v) is 14.7. The predicted octanol–water partition coefficient (Wildman–Crippen LogP) is 2.85. The highest BCUT2D eigenvalue weighted by atomic mass is 16.5. The second-order valence-electron chi connectivity index (χ2n) is 5.63. The van der Waals surface area contributed by atoms with E-state index in [-0.39, 0.29) is 12.3 Å². The molecule has 0 bridgehead atoms. The van der Waals surface area contributed by atoms with Gasteiger partial charge in [0.05, 0.1) is 32.6 Å². The average molecular weight is 356 g/mol. The van der Waals surface area contributed by atoms with Crippen LogP contribution in [0.5, 0.6) is 11.5 Å². The van der Waals surface area contributed by atoms with Crippen molar-refractivity contribution < 1.29 is 23.2 Å². The first-order valence-corrected chi connectivity index (χ1v) is 8.16. The molecule has 1 amide bonds. The van der Waals surface area contributed by atoms with E-state index in [4.69, 9.17) is 18.4 Å². The van der Waals surface area contributed by atoms with Gasteiger partial charge in [-0.2, -0.15) is 0 Å². The van der Waals surface area contributed by atoms with Gasteiger partial charge < -0.3 is 23.7 Å². The number of rotatable bonds is 8. The van der Waals surface area contributed by atoms with E-state index in [1.165, 1.54) is 0 Å². The summed E-state index contributed by atoms with van der Waals surface area (Å²) in [6.45, 7) is 0.511. The monoisotopic (exact) mass is 356 g/mol. The Hall–Kier alpha value is -3.22. The summed E-state index contributed by atoms with van der Waals surface area (Å²) in [7, 11) is 3.19. The van der Waals surface area contributed by atoms with Crippen LogP contribution in [0.1, 0.15) is 11.3 Å². The predicted molar refractivity (Wildman–Crippen MR) is 94.2 cm³/mol. The summed E-state index contributed by atoms with van der Waals surface area (Å²) < 4.78 is 20.9. The Balaban J connectivity index is 1.49. The Morgan fingerprint density at radius 3 is 2.69 bits per heavy atom. The molecule has 0 spiro atoms. The maximum absolute atomic E-state index is 12.1. The molecule has 1 aromatic carbocycles. The normalized spacial score (nSPS) is 10.5. The highest BCUT2D eigenvalue weighted by Gasteiger charge is 2.12. The molecule has 0 aliphatic heterocycles. The van der Waals surface area contributed by atoms with Crippen molar-refractivity contribution in [2.45, 2.75) is 12.8 Å². The second-order valence-corrected chi connectivity index (χ2v) is 5.63. The van der Waals surface area contributed by atoms with E-state index < -0.39 is 0 Å². The number of carbonyl (C=O) groups excluding carboxylic acids is 1. The van der Waals surface area contributed by atoms with Gasteiger partial charge in [-0.1, -0.05) is 11.2 Å². The van der Waals surface area contributed by atoms with Crippen LogP contribution < -0.4 is 14.8 Å². The molecular weight excluding hydrogens is 336 g/mol. The molecule has 2 aromatic heterocycles. The summed E-state index contributed by atoms with van der Waals surface area (Å²) in [5, 5.41) is 6.77. The van der Waals surface area contributed by atoms with Crippen molar-refractivity contribution >= 4 is 5.91 Å². The first kappa shape index (κ1) is 17.6. The lowest BCUT2D eigenvalue weighted by Crippen LogP contribution is -2.27. The fourth-order valence-corrected chi connectivity index (χ4v) is 2.54. The van der Waals surface area contributed by atoms with Crippen molar-refractivity contribution in [3.05, 3.63) is 53.9 Å². The third kappa shape index (κ3) is 4.24. The van der Waals surface area contributed by atoms with E-state index >= 15 is 0 Å². The van der Waals surface area contributed by atoms with Crippen LogP contribution in [0.3, 0.4) is 0 Å². The molecule has 1 N–H and O–H groups in total. The molecule has 3 rings (SSSR count). The second kappa shape index (κ2) is 8.24. The molecule has 136 valence electrons. The summed E-state index contributed by atoms with van der Waals surface area (Å²) in [5.74, 6) is 2.31. The number of ether oxygens (including phenoxy) is 2. The Bertz CT molecular complexity index is 855. The molecule has 3 aromatic rings. The Morgan fingerprint density at radius 2 is 1.96 bits per heavy atom. The van der Waals surface area contributed by atoms with E-state index in [2.05, 4.69) is 10.5 Å². The molecule has 0 saturated carbocycles. The van der Waals surface area contributed by atoms with Crippen LogP contribution in [-0.2, 0) is 17.6 Å². The van der Waals surface area contributed by atoms with Gasteiger partial charge in [0.1, 0.15) is 0 Å². The van der Waals surface area contributed by atoms with Gasteiger partial charge in [-0.3, -0.25) is 4.79 Å². The standard InChI is InChI=1S/C19H20N2O5/c1-23-15-6-5-13(10-17(15)24-2)7-8-20-19(22)12-14-11-18(26-21-14)16-4-3-9-25-16/h3-6,9-11H,7-8,12H2,1-2H3,(H,20,22). The van der Waals surface area contributed by atoms with Gasteiger partial charge in [0, 0.05) is 12.6 Å². The minimum atomic E-state index is -0.121. The van der Waals surface area contributed by atoms with Crippen LogP contribution in [0.4, 0.5) is 0 Å². The van der Waals surface area contributed by atoms with Crippen LogP contribution in [0.25, 0.3) is 11.5 Å². The molecule has 0 atom stereocenters. The number of methoxy groups -OCH3 is 2. The van der Waals surface area contributed by atoms with Crippen LogP contribution >= 0.6 is 0 Å². The molecule has 7 heteroatoms. The summed E-state index contributed by atoms with van der Waals surface area (Å²) in [5.41, 5.74) is 1.60. The molecule has 0 aliphatic carbocycles. The molecule has 26 heavy (non-hydrogen) atoms. The average Bonchev–Trinajstić information content (AvgIpc) is 3.33. The lowest BCUT2D eigenvalue weighted by molar-refractivity contribution is -0.120. The van der Waals surface area contributed by atoms with Crippen molar-refractivity contribution in [1.82, 2.24) is 10.5 Å². The number of hydrogen-bond acceptors (Lipinski definition) is 6. The van der Waals surface area contributed by atoms with E-state index in [0.29, 0.717) is 41.7 Å². The number of amides is 1. The van der Waals surface area contributed by atoms with Crippen molar-refractivity contribution in [2.75, 3.05) is 20.8 Å². The third-order valence-corrected chi connectivity index (χ3v) is 3.85. The largest absolute Gasteiger partial charge is 0.493 e. The van der Waals surface area contributed by atoms with E-state index in [0.717, 1.165) is 5.56 Å². The fourth-order valence-electron chi connectivity index (χ4n) is 2.54. The molecule has 2 heterocycles. The number of hydrogen-bond donors (Lipinski definition) is 1. The number of carbonyl (C=O) groups is 1. The Kier molecular flexibility index (Phi) is 5.58. The number of nitrogens with zero attached hydrogens (tertiary/aromatic N) is 1. The number of furan rings is 1. The van der Waals surface area contributed by atoms with Crippen LogP contribution in [0.2, 0.25) is 0 Å². The number of benzene rings is 1. The van der Waals surface area contributed by atoms with Gasteiger partial charge in [0.25, 0.3) is 0 Å². The minimum Gasteiger partial charge on any atom is -0.493 e. The lowest BCUT2D eigenvalue weighted by atomic mass is 10.1. The summed E-state index contributed by atoms with van der Waals surface area (Å²) in [6.07, 6.45) is 2.39. The van der Waals surface area contributed by atoms with Gasteiger partial charge >= 0.3 is 0 Å². The van der Waals surface area contributed by atoms with Crippen LogP contribution in [0, 0.1) is 0 Å². The number of aromatic nitrogens is 1. The third-order valence-electron chi connectivity index (χ3n) is 3.85. The highest BCUT2D eigenvalue weighted by molar-refractivity contribution is 5.78. The van der Waals surface area contributed by atoms with Crippen LogP contribution in [-0.4, -0.2) is 31.8 Å². The Labute approximate surface area is 150 Å². The SMILES string of the molecule is COc1ccc(CCNC(=O)Cc2cc(-c3ccco3)on2)cc1OC. The molecule has 0 aliphatic rings. The molecule has 7 nitrogen and oxygen atoms in total. The first-order valence-electron chi connectivity index (χ1n) is 8.16. The van der Waals surface area contributed by atoms with E-state index in [1.807, 2.05) is 18.2 Å². The van der Waals surface area contributed by atoms with Gasteiger partial charge in [-0.15, -0.1) is 0 Å². The van der Waals surface area contributed by atoms with Crippen molar-refractivity contribution in [3.8, 4) is 23.0 Å². The molecule has 0 fully saturated rings. The molecule has 0 radical (unpaired) electrons. The van der Waals surface area contributed by atoms with Crippen LogP contribution in [0.15, 0.2) is 51.6 Å². The lowest BCUT2D eigenvalue weighted by Gasteiger charge is -2.10. The quantitative estimate of drug-likeness (QED) is 0.668. The zero-order chi connectivity index (χ0) is 18.4. The van der Waals surface area contributed by atoms with Crippen molar-refractivity contribution in [2.24, 2.45) is 0 Å². The highest BCUT2D eigenvalue weighted by Crippen LogP contribution is 2.27. The minimum absolute atomic E-state index is 0.121. The Morgan fingerprint density at radius 1 is 1.12 bits per heavy atom. The molecule has 0 unspecified atom stereocenters. The topological polar surface area (TPSA) is 86.7 Å². The van der Waals surface area contributed by atoms with Crippen molar-refractivity contribution in [1.29, 1.82) is 0 Å². The summed E-state index contributed by atoms with van der Waals surface area (Å²) in [6, 6.07) is 10.9. The maximum atomic E-state index is 12.1. The maximum Gasteiger partial charge on any atom is 0.226 e. The van der Waals surface area contributed by atoms with Gasteiger partial charge in [-0.05, 0) is 36.2 Å². The zero-order valence-electron chi connectivity index (χ0n) is 14.7. The summed E-state index contributed by atoms with van der Waals surface area (Å²) >= 11 is 0. The number of nitrogens with one attached hydrogen (secondary N) is 1. The first-order chi connectivity index (χ1) is 12.7. The van der Waals surface area contributed by atoms with E-state index in [1.54, 1.807) is 38.7 Å². The van der Waals surface area contributed by atoms with E-state index in [9.17, 15) is 4.79 Å². The van der Waals surface area contributed by atoms with Gasteiger partial charge in [0.15, 0.2) is 17.3 Å². The summed E-state index contributed by atoms with van der Waals surface area (Å²) in [4.78, 5) is 12.1. The fraction of sp³-hybridized carbons (Fsp3) is 0.263.